The van der Waals surface area contributed by atoms with Crippen LogP contribution in [-0.2, 0) is 16.1 Å². The van der Waals surface area contributed by atoms with Gasteiger partial charge in [0.15, 0.2) is 0 Å². The zero-order chi connectivity index (χ0) is 16.4. The summed E-state index contributed by atoms with van der Waals surface area (Å²) in [5.41, 5.74) is 5.49. The van der Waals surface area contributed by atoms with Crippen molar-refractivity contribution in [2.75, 3.05) is 38.7 Å². The van der Waals surface area contributed by atoms with E-state index in [1.165, 1.54) is 0 Å². The molecular formula is C15H25N5O3. The zero-order valence-electron chi connectivity index (χ0n) is 13.8. The third-order valence-electron chi connectivity index (χ3n) is 4.81. The molecule has 1 amide bonds. The topological polar surface area (TPSA) is 97.7 Å². The van der Waals surface area contributed by atoms with Crippen molar-refractivity contribution >= 4 is 11.9 Å². The van der Waals surface area contributed by atoms with Crippen molar-refractivity contribution in [1.82, 2.24) is 15.0 Å². The number of carbonyl (C=O) groups is 1. The van der Waals surface area contributed by atoms with Crippen LogP contribution in [0.15, 0.2) is 4.52 Å². The number of primary amides is 1. The highest BCUT2D eigenvalue weighted by Gasteiger charge is 2.39. The van der Waals surface area contributed by atoms with Gasteiger partial charge in [0.1, 0.15) is 0 Å². The molecule has 128 valence electrons. The molecule has 1 aromatic rings. The first-order valence-corrected chi connectivity index (χ1v) is 8.18. The number of ether oxygens (including phenoxy) is 1. The fraction of sp³-hybridized carbons (Fsp3) is 0.800. The Morgan fingerprint density at radius 1 is 1.35 bits per heavy atom. The zero-order valence-corrected chi connectivity index (χ0v) is 13.8. The molecule has 2 aliphatic rings. The maximum atomic E-state index is 11.5. The van der Waals surface area contributed by atoms with Crippen molar-refractivity contribution in [3.8, 4) is 0 Å². The average Bonchev–Trinajstić information content (AvgIpc) is 3.17. The monoisotopic (exact) mass is 323 g/mol. The van der Waals surface area contributed by atoms with E-state index >= 15 is 0 Å². The van der Waals surface area contributed by atoms with Crippen LogP contribution in [0.3, 0.4) is 0 Å². The highest BCUT2D eigenvalue weighted by Crippen LogP contribution is 2.33. The SMILES string of the molecule is CN(C)c1noc(CN2CCC([C@H]3OCC[C@@H]3C(N)=O)CC2)n1. The lowest BCUT2D eigenvalue weighted by atomic mass is 9.84. The molecular weight excluding hydrogens is 298 g/mol. The van der Waals surface area contributed by atoms with Crippen molar-refractivity contribution in [1.29, 1.82) is 0 Å². The summed E-state index contributed by atoms with van der Waals surface area (Å²) < 4.78 is 11.1. The van der Waals surface area contributed by atoms with Crippen LogP contribution in [0.2, 0.25) is 0 Å². The molecule has 8 nitrogen and oxygen atoms in total. The van der Waals surface area contributed by atoms with Crippen molar-refractivity contribution in [3.05, 3.63) is 5.89 Å². The van der Waals surface area contributed by atoms with E-state index in [4.69, 9.17) is 15.0 Å². The van der Waals surface area contributed by atoms with E-state index < -0.39 is 0 Å². The number of nitrogens with zero attached hydrogens (tertiary/aromatic N) is 4. The third-order valence-corrected chi connectivity index (χ3v) is 4.81. The second kappa shape index (κ2) is 6.84. The lowest BCUT2D eigenvalue weighted by Gasteiger charge is -2.35. The molecule has 0 unspecified atom stereocenters. The normalized spacial score (nSPS) is 26.5. The molecule has 0 aliphatic carbocycles. The number of hydrogen-bond acceptors (Lipinski definition) is 7. The quantitative estimate of drug-likeness (QED) is 0.828. The van der Waals surface area contributed by atoms with Crippen LogP contribution in [-0.4, -0.2) is 60.8 Å². The number of carbonyl (C=O) groups excluding carboxylic acids is 1. The maximum absolute atomic E-state index is 11.5. The number of anilines is 1. The molecule has 2 fully saturated rings. The summed E-state index contributed by atoms with van der Waals surface area (Å²) in [4.78, 5) is 20.0. The van der Waals surface area contributed by atoms with Crippen molar-refractivity contribution < 1.29 is 14.1 Å². The minimum atomic E-state index is -0.225. The largest absolute Gasteiger partial charge is 0.377 e. The van der Waals surface area contributed by atoms with Gasteiger partial charge in [-0.2, -0.15) is 4.98 Å². The molecule has 0 radical (unpaired) electrons. The van der Waals surface area contributed by atoms with Gasteiger partial charge in [0.05, 0.1) is 18.6 Å². The Morgan fingerprint density at radius 3 is 2.70 bits per heavy atom. The summed E-state index contributed by atoms with van der Waals surface area (Å²) in [6.07, 6.45) is 2.76. The standard InChI is InChI=1S/C15H25N5O3/c1-19(2)15-17-12(23-18-15)9-20-6-3-10(4-7-20)13-11(14(16)21)5-8-22-13/h10-11,13H,3-9H2,1-2H3,(H2,16,21)/t11-,13+/m0/s1. The fourth-order valence-electron chi connectivity index (χ4n) is 3.50. The Balaban J connectivity index is 1.51. The summed E-state index contributed by atoms with van der Waals surface area (Å²) in [6.45, 7) is 3.19. The Labute approximate surface area is 135 Å². The molecule has 0 bridgehead atoms. The number of piperidine rings is 1. The minimum Gasteiger partial charge on any atom is -0.377 e. The molecule has 2 saturated heterocycles. The molecule has 2 N–H and O–H groups in total. The molecule has 0 saturated carbocycles. The molecule has 1 aromatic heterocycles. The highest BCUT2D eigenvalue weighted by molar-refractivity contribution is 5.77. The van der Waals surface area contributed by atoms with Crippen LogP contribution in [0.5, 0.6) is 0 Å². The number of rotatable bonds is 5. The number of hydrogen-bond donors (Lipinski definition) is 1. The van der Waals surface area contributed by atoms with Gasteiger partial charge in [0.25, 0.3) is 5.95 Å². The predicted octanol–water partition coefficient (Wildman–Crippen LogP) is 0.238. The van der Waals surface area contributed by atoms with Gasteiger partial charge in [-0.1, -0.05) is 0 Å². The van der Waals surface area contributed by atoms with E-state index in [0.29, 0.717) is 30.9 Å². The van der Waals surface area contributed by atoms with Gasteiger partial charge in [0, 0.05) is 20.7 Å². The van der Waals surface area contributed by atoms with Crippen molar-refractivity contribution in [2.24, 2.45) is 17.6 Å². The first kappa shape index (κ1) is 16.2. The van der Waals surface area contributed by atoms with E-state index in [-0.39, 0.29) is 17.9 Å². The Morgan fingerprint density at radius 2 is 2.09 bits per heavy atom. The summed E-state index contributed by atoms with van der Waals surface area (Å²) in [5.74, 6) is 1.30. The first-order valence-electron chi connectivity index (χ1n) is 8.18. The Hall–Kier alpha value is -1.67. The van der Waals surface area contributed by atoms with Gasteiger partial charge in [-0.3, -0.25) is 9.69 Å². The third kappa shape index (κ3) is 3.64. The van der Waals surface area contributed by atoms with Crippen LogP contribution in [0.25, 0.3) is 0 Å². The number of nitrogens with two attached hydrogens (primary N) is 1. The molecule has 0 aromatic carbocycles. The second-order valence-corrected chi connectivity index (χ2v) is 6.63. The lowest BCUT2D eigenvalue weighted by Crippen LogP contribution is -2.41. The first-order chi connectivity index (χ1) is 11.0. The summed E-state index contributed by atoms with van der Waals surface area (Å²) in [6, 6.07) is 0. The van der Waals surface area contributed by atoms with Crippen LogP contribution in [0, 0.1) is 11.8 Å². The molecule has 0 spiro atoms. The smallest absolute Gasteiger partial charge is 0.265 e. The molecule has 8 heteroatoms. The van der Waals surface area contributed by atoms with Crippen LogP contribution >= 0.6 is 0 Å². The molecule has 3 heterocycles. The number of aromatic nitrogens is 2. The molecule has 2 atom stereocenters. The van der Waals surface area contributed by atoms with E-state index in [0.717, 1.165) is 32.4 Å². The van der Waals surface area contributed by atoms with Gasteiger partial charge >= 0.3 is 0 Å². The molecule has 2 aliphatic heterocycles. The maximum Gasteiger partial charge on any atom is 0.265 e. The molecule has 23 heavy (non-hydrogen) atoms. The fourth-order valence-corrected chi connectivity index (χ4v) is 3.50. The molecule has 3 rings (SSSR count). The predicted molar refractivity (Wildman–Crippen MR) is 83.7 cm³/mol. The Bertz CT molecular complexity index is 539. The van der Waals surface area contributed by atoms with Crippen molar-refractivity contribution in [3.63, 3.8) is 0 Å². The van der Waals surface area contributed by atoms with Crippen molar-refractivity contribution in [2.45, 2.75) is 31.9 Å². The van der Waals surface area contributed by atoms with Gasteiger partial charge in [-0.15, -0.1) is 0 Å². The minimum absolute atomic E-state index is 0.00148. The van der Waals surface area contributed by atoms with Crippen LogP contribution in [0.1, 0.15) is 25.2 Å². The van der Waals surface area contributed by atoms with E-state index in [2.05, 4.69) is 15.0 Å². The highest BCUT2D eigenvalue weighted by atomic mass is 16.5. The van der Waals surface area contributed by atoms with E-state index in [9.17, 15) is 4.79 Å². The Kier molecular flexibility index (Phi) is 4.82. The summed E-state index contributed by atoms with van der Waals surface area (Å²) >= 11 is 0. The van der Waals surface area contributed by atoms with Gasteiger partial charge in [0.2, 0.25) is 11.8 Å². The average molecular weight is 323 g/mol. The second-order valence-electron chi connectivity index (χ2n) is 6.63. The number of amides is 1. The van der Waals surface area contributed by atoms with Gasteiger partial charge < -0.3 is 19.9 Å². The van der Waals surface area contributed by atoms with Crippen LogP contribution < -0.4 is 10.6 Å². The lowest BCUT2D eigenvalue weighted by molar-refractivity contribution is -0.124. The van der Waals surface area contributed by atoms with Gasteiger partial charge in [-0.25, -0.2) is 0 Å². The number of likely N-dealkylation sites (tertiary alicyclic amines) is 1. The van der Waals surface area contributed by atoms with E-state index in [1.54, 1.807) is 0 Å². The van der Waals surface area contributed by atoms with E-state index in [1.807, 2.05) is 19.0 Å². The summed E-state index contributed by atoms with van der Waals surface area (Å²) in [5, 5.41) is 3.93. The van der Waals surface area contributed by atoms with Gasteiger partial charge in [-0.05, 0) is 43.4 Å². The summed E-state index contributed by atoms with van der Waals surface area (Å²) in [7, 11) is 3.77. The van der Waals surface area contributed by atoms with Crippen LogP contribution in [0.4, 0.5) is 5.95 Å².